The zero-order chi connectivity index (χ0) is 15.0. The Bertz CT molecular complexity index is 583. The highest BCUT2D eigenvalue weighted by atomic mass is 16.6. The van der Waals surface area contributed by atoms with Gasteiger partial charge >= 0.3 is 0 Å². The van der Waals surface area contributed by atoms with E-state index >= 15 is 0 Å². The summed E-state index contributed by atoms with van der Waals surface area (Å²) in [7, 11) is 0. The van der Waals surface area contributed by atoms with Crippen molar-refractivity contribution in [2.45, 2.75) is 44.3 Å². The lowest BCUT2D eigenvalue weighted by molar-refractivity contribution is -0.385. The van der Waals surface area contributed by atoms with E-state index in [9.17, 15) is 14.9 Å². The van der Waals surface area contributed by atoms with Gasteiger partial charge < -0.3 is 4.90 Å². The molecule has 21 heavy (non-hydrogen) atoms. The second kappa shape index (κ2) is 5.11. The molecule has 1 aromatic rings. The minimum atomic E-state index is -0.400. The zero-order valence-corrected chi connectivity index (χ0v) is 12.0. The smallest absolute Gasteiger partial charge is 0.269 e. The molecule has 1 atom stereocenters. The van der Waals surface area contributed by atoms with E-state index in [2.05, 4.69) is 12.2 Å². The molecule has 6 nitrogen and oxygen atoms in total. The SMILES string of the molecule is CCCCN1C(=O)C2(CC2)NC1c1cccc([N+](=O)[O-])c1. The number of hydrogen-bond donors (Lipinski definition) is 1. The summed E-state index contributed by atoms with van der Waals surface area (Å²) in [4.78, 5) is 24.9. The van der Waals surface area contributed by atoms with Gasteiger partial charge in [0.25, 0.3) is 5.69 Å². The summed E-state index contributed by atoms with van der Waals surface area (Å²) in [6, 6.07) is 6.56. The Labute approximate surface area is 123 Å². The molecule has 1 saturated heterocycles. The number of carbonyl (C=O) groups is 1. The Kier molecular flexibility index (Phi) is 3.41. The van der Waals surface area contributed by atoms with E-state index in [-0.39, 0.29) is 17.8 Å². The lowest BCUT2D eigenvalue weighted by Gasteiger charge is -2.24. The van der Waals surface area contributed by atoms with E-state index in [0.29, 0.717) is 6.54 Å². The standard InChI is InChI=1S/C15H19N3O3/c1-2-3-9-17-13(16-15(7-8-15)14(17)19)11-5-4-6-12(10-11)18(20)21/h4-6,10,13,16H,2-3,7-9H2,1H3. The third-order valence-electron chi connectivity index (χ3n) is 4.29. The highest BCUT2D eigenvalue weighted by molar-refractivity contribution is 5.92. The quantitative estimate of drug-likeness (QED) is 0.667. The van der Waals surface area contributed by atoms with Gasteiger partial charge in [-0.3, -0.25) is 20.2 Å². The van der Waals surface area contributed by atoms with E-state index < -0.39 is 10.5 Å². The lowest BCUT2D eigenvalue weighted by atomic mass is 10.1. The molecule has 1 saturated carbocycles. The maximum absolute atomic E-state index is 12.5. The molecule has 2 aliphatic rings. The molecule has 0 bridgehead atoms. The van der Waals surface area contributed by atoms with E-state index in [4.69, 9.17) is 0 Å². The van der Waals surface area contributed by atoms with Crippen LogP contribution in [0, 0.1) is 10.1 Å². The molecule has 3 rings (SSSR count). The summed E-state index contributed by atoms with van der Waals surface area (Å²) in [5.74, 6) is 0.146. The van der Waals surface area contributed by atoms with Crippen LogP contribution in [0.3, 0.4) is 0 Å². The molecule has 1 aliphatic heterocycles. The van der Waals surface area contributed by atoms with E-state index in [1.807, 2.05) is 11.0 Å². The molecule has 1 amide bonds. The van der Waals surface area contributed by atoms with Crippen molar-refractivity contribution in [3.05, 3.63) is 39.9 Å². The van der Waals surface area contributed by atoms with Crippen LogP contribution in [0.5, 0.6) is 0 Å². The third-order valence-corrected chi connectivity index (χ3v) is 4.29. The van der Waals surface area contributed by atoms with E-state index in [1.54, 1.807) is 12.1 Å². The van der Waals surface area contributed by atoms with Gasteiger partial charge in [-0.25, -0.2) is 0 Å². The van der Waals surface area contributed by atoms with Crippen molar-refractivity contribution in [3.63, 3.8) is 0 Å². The van der Waals surface area contributed by atoms with Gasteiger partial charge in [0.2, 0.25) is 5.91 Å². The Hall–Kier alpha value is -1.95. The van der Waals surface area contributed by atoms with Gasteiger partial charge in [0.05, 0.1) is 4.92 Å². The summed E-state index contributed by atoms with van der Waals surface area (Å²) < 4.78 is 0. The first kappa shape index (κ1) is 14.0. The molecular weight excluding hydrogens is 270 g/mol. The predicted molar refractivity (Wildman–Crippen MR) is 77.6 cm³/mol. The van der Waals surface area contributed by atoms with Crippen molar-refractivity contribution in [3.8, 4) is 0 Å². The van der Waals surface area contributed by atoms with Gasteiger partial charge in [0.1, 0.15) is 11.7 Å². The van der Waals surface area contributed by atoms with Gasteiger partial charge in [-0.05, 0) is 24.8 Å². The zero-order valence-electron chi connectivity index (χ0n) is 12.0. The topological polar surface area (TPSA) is 75.5 Å². The average molecular weight is 289 g/mol. The monoisotopic (exact) mass is 289 g/mol. The highest BCUT2D eigenvalue weighted by Gasteiger charge is 2.59. The minimum absolute atomic E-state index is 0.0638. The minimum Gasteiger partial charge on any atom is -0.321 e. The van der Waals surface area contributed by atoms with Crippen LogP contribution in [0.25, 0.3) is 0 Å². The molecular formula is C15H19N3O3. The van der Waals surface area contributed by atoms with Crippen molar-refractivity contribution < 1.29 is 9.72 Å². The van der Waals surface area contributed by atoms with Gasteiger partial charge in [-0.1, -0.05) is 25.5 Å². The second-order valence-corrected chi connectivity index (χ2v) is 5.83. The van der Waals surface area contributed by atoms with Crippen LogP contribution in [0.4, 0.5) is 5.69 Å². The van der Waals surface area contributed by atoms with Crippen LogP contribution in [-0.2, 0) is 4.79 Å². The molecule has 1 spiro atoms. The molecule has 1 aromatic carbocycles. The molecule has 6 heteroatoms. The van der Waals surface area contributed by atoms with Crippen molar-refractivity contribution >= 4 is 11.6 Å². The Morgan fingerprint density at radius 2 is 2.24 bits per heavy atom. The van der Waals surface area contributed by atoms with Gasteiger partial charge in [0.15, 0.2) is 0 Å². The number of benzene rings is 1. The van der Waals surface area contributed by atoms with Crippen LogP contribution in [0.15, 0.2) is 24.3 Å². The number of nitro groups is 1. The van der Waals surface area contributed by atoms with Gasteiger partial charge in [-0.15, -0.1) is 0 Å². The molecule has 0 radical (unpaired) electrons. The summed E-state index contributed by atoms with van der Waals surface area (Å²) in [5.41, 5.74) is 0.453. The number of hydrogen-bond acceptors (Lipinski definition) is 4. The largest absolute Gasteiger partial charge is 0.321 e. The molecule has 1 heterocycles. The van der Waals surface area contributed by atoms with Crippen molar-refractivity contribution in [2.24, 2.45) is 0 Å². The molecule has 1 N–H and O–H groups in total. The average Bonchev–Trinajstić information content (AvgIpc) is 3.21. The molecule has 1 aliphatic carbocycles. The maximum Gasteiger partial charge on any atom is 0.269 e. The second-order valence-electron chi connectivity index (χ2n) is 5.83. The number of rotatable bonds is 5. The summed E-state index contributed by atoms with van der Waals surface area (Å²) in [6.07, 6.45) is 3.43. The normalized spacial score (nSPS) is 22.8. The number of nitrogens with zero attached hydrogens (tertiary/aromatic N) is 2. The predicted octanol–water partition coefficient (Wildman–Crippen LogP) is 2.36. The first-order valence-electron chi connectivity index (χ1n) is 7.40. The van der Waals surface area contributed by atoms with Crippen LogP contribution in [-0.4, -0.2) is 27.8 Å². The van der Waals surface area contributed by atoms with Crippen molar-refractivity contribution in [2.75, 3.05) is 6.54 Å². The van der Waals surface area contributed by atoms with E-state index in [1.165, 1.54) is 6.07 Å². The van der Waals surface area contributed by atoms with E-state index in [0.717, 1.165) is 31.2 Å². The number of carbonyl (C=O) groups excluding carboxylic acids is 1. The van der Waals surface area contributed by atoms with Crippen molar-refractivity contribution in [1.29, 1.82) is 0 Å². The third kappa shape index (κ3) is 2.40. The lowest BCUT2D eigenvalue weighted by Crippen LogP contribution is -2.32. The van der Waals surface area contributed by atoms with Crippen LogP contribution >= 0.6 is 0 Å². The fourth-order valence-electron chi connectivity index (χ4n) is 2.91. The Balaban J connectivity index is 1.90. The highest BCUT2D eigenvalue weighted by Crippen LogP contribution is 2.46. The fraction of sp³-hybridized carbons (Fsp3) is 0.533. The molecule has 1 unspecified atom stereocenters. The van der Waals surface area contributed by atoms with Gasteiger partial charge in [-0.2, -0.15) is 0 Å². The number of unbranched alkanes of at least 4 members (excludes halogenated alkanes) is 1. The number of nitro benzene ring substituents is 1. The number of nitrogens with one attached hydrogen (secondary N) is 1. The first-order chi connectivity index (χ1) is 10.1. The fourth-order valence-corrected chi connectivity index (χ4v) is 2.91. The number of amides is 1. The van der Waals surface area contributed by atoms with Crippen LogP contribution in [0.2, 0.25) is 0 Å². The first-order valence-corrected chi connectivity index (χ1v) is 7.40. The molecule has 112 valence electrons. The molecule has 0 aromatic heterocycles. The van der Waals surface area contributed by atoms with Gasteiger partial charge in [0, 0.05) is 18.7 Å². The summed E-state index contributed by atoms with van der Waals surface area (Å²) >= 11 is 0. The number of non-ortho nitro benzene ring substituents is 1. The van der Waals surface area contributed by atoms with Crippen LogP contribution < -0.4 is 5.32 Å². The summed E-state index contributed by atoms with van der Waals surface area (Å²) in [5, 5.41) is 14.3. The summed E-state index contributed by atoms with van der Waals surface area (Å²) in [6.45, 7) is 2.78. The molecule has 2 fully saturated rings. The van der Waals surface area contributed by atoms with Crippen molar-refractivity contribution in [1.82, 2.24) is 10.2 Å². The van der Waals surface area contributed by atoms with Crippen LogP contribution in [0.1, 0.15) is 44.3 Å². The Morgan fingerprint density at radius 3 is 2.86 bits per heavy atom. The maximum atomic E-state index is 12.5. The Morgan fingerprint density at radius 1 is 1.48 bits per heavy atom.